The molecule has 0 bridgehead atoms. The number of halogens is 1. The van der Waals surface area contributed by atoms with Crippen molar-refractivity contribution in [3.05, 3.63) is 0 Å². The molecule has 1 aliphatic rings. The average Bonchev–Trinajstić information content (AvgIpc) is 2.38. The van der Waals surface area contributed by atoms with E-state index in [-0.39, 0.29) is 12.1 Å². The maximum absolute atomic E-state index is 12.5. The first kappa shape index (κ1) is 16.2. The van der Waals surface area contributed by atoms with E-state index in [0.29, 0.717) is 19.0 Å². The van der Waals surface area contributed by atoms with E-state index >= 15 is 0 Å². The summed E-state index contributed by atoms with van der Waals surface area (Å²) in [6.07, 6.45) is 2.79. The van der Waals surface area contributed by atoms with Crippen LogP contribution < -0.4 is 0 Å². The molecule has 1 heterocycles. The fraction of sp³-hybridized carbons (Fsp3) is 1.00. The summed E-state index contributed by atoms with van der Waals surface area (Å²) in [5.41, 5.74) is 0. The van der Waals surface area contributed by atoms with Crippen molar-refractivity contribution in [2.45, 2.75) is 38.3 Å². The fourth-order valence-electron chi connectivity index (χ4n) is 2.17. The molecule has 2 atom stereocenters. The minimum Gasteiger partial charge on any atom is -0.383 e. The molecule has 7 heteroatoms. The highest BCUT2D eigenvalue weighted by Crippen LogP contribution is 2.23. The lowest BCUT2D eigenvalue weighted by Gasteiger charge is -2.37. The molecule has 2 unspecified atom stereocenters. The molecule has 108 valence electrons. The van der Waals surface area contributed by atoms with Crippen molar-refractivity contribution < 1.29 is 13.2 Å². The van der Waals surface area contributed by atoms with E-state index in [1.165, 1.54) is 8.61 Å². The van der Waals surface area contributed by atoms with E-state index in [0.717, 1.165) is 19.3 Å². The molecule has 1 aliphatic heterocycles. The number of hydrogen-bond acceptors (Lipinski definition) is 3. The lowest BCUT2D eigenvalue weighted by molar-refractivity contribution is 0.143. The third-order valence-electron chi connectivity index (χ3n) is 3.44. The summed E-state index contributed by atoms with van der Waals surface area (Å²) in [7, 11) is -0.278. The van der Waals surface area contributed by atoms with Crippen LogP contribution in [0.2, 0.25) is 0 Å². The first-order chi connectivity index (χ1) is 8.45. The zero-order valence-corrected chi connectivity index (χ0v) is 12.9. The second-order valence-corrected chi connectivity index (χ2v) is 6.99. The summed E-state index contributed by atoms with van der Waals surface area (Å²) in [6.45, 7) is 2.78. The zero-order valence-electron chi connectivity index (χ0n) is 11.3. The molecule has 0 N–H and O–H groups in total. The van der Waals surface area contributed by atoms with E-state index in [4.69, 9.17) is 16.3 Å². The first-order valence-corrected chi connectivity index (χ1v) is 8.18. The smallest absolute Gasteiger partial charge is 0.282 e. The van der Waals surface area contributed by atoms with Gasteiger partial charge >= 0.3 is 0 Å². The van der Waals surface area contributed by atoms with Crippen molar-refractivity contribution in [2.24, 2.45) is 0 Å². The van der Waals surface area contributed by atoms with Crippen LogP contribution in [0.3, 0.4) is 0 Å². The maximum Gasteiger partial charge on any atom is 0.282 e. The highest BCUT2D eigenvalue weighted by molar-refractivity contribution is 7.86. The van der Waals surface area contributed by atoms with Crippen LogP contribution in [0.1, 0.15) is 26.2 Å². The molecule has 0 aromatic heterocycles. The topological polar surface area (TPSA) is 49.9 Å². The van der Waals surface area contributed by atoms with Crippen molar-refractivity contribution in [2.75, 3.05) is 33.2 Å². The van der Waals surface area contributed by atoms with Gasteiger partial charge in [0.1, 0.15) is 0 Å². The zero-order chi connectivity index (χ0) is 13.8. The number of likely N-dealkylation sites (N-methyl/N-ethyl adjacent to an activating group) is 1. The summed E-state index contributed by atoms with van der Waals surface area (Å²) in [4.78, 5) is 0. The van der Waals surface area contributed by atoms with Crippen molar-refractivity contribution >= 4 is 21.8 Å². The molecule has 0 radical (unpaired) electrons. The van der Waals surface area contributed by atoms with Gasteiger partial charge in [0, 0.05) is 38.7 Å². The second kappa shape index (κ2) is 7.05. The Morgan fingerprint density at radius 3 is 2.72 bits per heavy atom. The summed E-state index contributed by atoms with van der Waals surface area (Å²) < 4.78 is 32.9. The van der Waals surface area contributed by atoms with Crippen LogP contribution in [-0.2, 0) is 14.9 Å². The van der Waals surface area contributed by atoms with Gasteiger partial charge in [-0.25, -0.2) is 0 Å². The van der Waals surface area contributed by atoms with Gasteiger partial charge in [0.25, 0.3) is 10.2 Å². The van der Waals surface area contributed by atoms with Crippen LogP contribution in [-0.4, -0.2) is 62.3 Å². The van der Waals surface area contributed by atoms with E-state index in [1.54, 1.807) is 14.2 Å². The normalized spacial score (nSPS) is 24.4. The van der Waals surface area contributed by atoms with Gasteiger partial charge in [-0.3, -0.25) is 0 Å². The summed E-state index contributed by atoms with van der Waals surface area (Å²) in [5.74, 6) is 0.353. The molecule has 0 amide bonds. The van der Waals surface area contributed by atoms with Gasteiger partial charge in [0.2, 0.25) is 0 Å². The SMILES string of the molecule is COCC(C)N(C)S(=O)(=O)N1CCCCC1CCl. The largest absolute Gasteiger partial charge is 0.383 e. The van der Waals surface area contributed by atoms with Gasteiger partial charge in [-0.1, -0.05) is 6.42 Å². The molecule has 1 fully saturated rings. The van der Waals surface area contributed by atoms with E-state index < -0.39 is 10.2 Å². The Balaban J connectivity index is 2.83. The number of nitrogens with zero attached hydrogens (tertiary/aromatic N) is 2. The maximum atomic E-state index is 12.5. The van der Waals surface area contributed by atoms with Gasteiger partial charge in [-0.2, -0.15) is 17.0 Å². The van der Waals surface area contributed by atoms with Gasteiger partial charge < -0.3 is 4.74 Å². The average molecular weight is 299 g/mol. The third kappa shape index (κ3) is 3.57. The number of ether oxygens (including phenoxy) is 1. The van der Waals surface area contributed by atoms with E-state index in [9.17, 15) is 8.42 Å². The predicted octanol–water partition coefficient (Wildman–Crippen LogP) is 1.29. The first-order valence-electron chi connectivity index (χ1n) is 6.24. The highest BCUT2D eigenvalue weighted by atomic mass is 35.5. The monoisotopic (exact) mass is 298 g/mol. The molecule has 18 heavy (non-hydrogen) atoms. The van der Waals surface area contributed by atoms with Crippen LogP contribution in [0.5, 0.6) is 0 Å². The van der Waals surface area contributed by atoms with Crippen molar-refractivity contribution in [3.63, 3.8) is 0 Å². The number of piperidine rings is 1. The molecule has 0 spiro atoms. The molecule has 1 rings (SSSR count). The van der Waals surface area contributed by atoms with Crippen molar-refractivity contribution in [1.29, 1.82) is 0 Å². The van der Waals surface area contributed by atoms with Crippen LogP contribution >= 0.6 is 11.6 Å². The van der Waals surface area contributed by atoms with Crippen LogP contribution in [0, 0.1) is 0 Å². The predicted molar refractivity (Wildman–Crippen MR) is 73.1 cm³/mol. The van der Waals surface area contributed by atoms with Gasteiger partial charge in [-0.05, 0) is 19.8 Å². The lowest BCUT2D eigenvalue weighted by Crippen LogP contribution is -2.52. The number of rotatable bonds is 6. The standard InChI is InChI=1S/C11H23ClN2O3S/c1-10(9-17-3)13(2)18(15,16)14-7-5-4-6-11(14)8-12/h10-11H,4-9H2,1-3H3. The Labute approximate surface area is 115 Å². The summed E-state index contributed by atoms with van der Waals surface area (Å²) >= 11 is 5.88. The quantitative estimate of drug-likeness (QED) is 0.694. The van der Waals surface area contributed by atoms with Crippen LogP contribution in [0.15, 0.2) is 0 Å². The molecule has 0 aliphatic carbocycles. The molecule has 1 saturated heterocycles. The summed E-state index contributed by atoms with van der Waals surface area (Å²) in [5, 5.41) is 0. The fourth-order valence-corrected chi connectivity index (χ4v) is 4.34. The highest BCUT2D eigenvalue weighted by Gasteiger charge is 2.36. The minimum absolute atomic E-state index is 0.0809. The van der Waals surface area contributed by atoms with Gasteiger partial charge in [-0.15, -0.1) is 11.6 Å². The second-order valence-electron chi connectivity index (χ2n) is 4.74. The molecule has 0 aromatic rings. The minimum atomic E-state index is -3.44. The summed E-state index contributed by atoms with van der Waals surface area (Å²) in [6, 6.07) is -0.263. The Morgan fingerprint density at radius 1 is 1.50 bits per heavy atom. The molecule has 0 aromatic carbocycles. The molecule has 5 nitrogen and oxygen atoms in total. The molecule has 0 saturated carbocycles. The van der Waals surface area contributed by atoms with E-state index in [2.05, 4.69) is 0 Å². The molecular weight excluding hydrogens is 276 g/mol. The van der Waals surface area contributed by atoms with Gasteiger partial charge in [0.05, 0.1) is 6.61 Å². The number of hydrogen-bond donors (Lipinski definition) is 0. The van der Waals surface area contributed by atoms with Crippen molar-refractivity contribution in [1.82, 2.24) is 8.61 Å². The van der Waals surface area contributed by atoms with Crippen LogP contribution in [0.25, 0.3) is 0 Å². The van der Waals surface area contributed by atoms with Crippen molar-refractivity contribution in [3.8, 4) is 0 Å². The Bertz CT molecular complexity index is 350. The Morgan fingerprint density at radius 2 is 2.17 bits per heavy atom. The van der Waals surface area contributed by atoms with E-state index in [1.807, 2.05) is 6.92 Å². The number of methoxy groups -OCH3 is 1. The number of alkyl halides is 1. The Kier molecular flexibility index (Phi) is 6.34. The molecular formula is C11H23ClN2O3S. The third-order valence-corrected chi connectivity index (χ3v) is 5.96. The lowest BCUT2D eigenvalue weighted by atomic mass is 10.1. The Hall–Kier alpha value is 0.120. The van der Waals surface area contributed by atoms with Crippen LogP contribution in [0.4, 0.5) is 0 Å². The van der Waals surface area contributed by atoms with Gasteiger partial charge in [0.15, 0.2) is 0 Å².